The smallest absolute Gasteiger partial charge is 0.325 e. The molecule has 0 radical (unpaired) electrons. The summed E-state index contributed by atoms with van der Waals surface area (Å²) in [5, 5.41) is 0. The molecule has 15 heavy (non-hydrogen) atoms. The summed E-state index contributed by atoms with van der Waals surface area (Å²) in [5.74, 6) is -0.550. The fourth-order valence-electron chi connectivity index (χ4n) is 0.855. The Bertz CT molecular complexity index is 198. The Balaban J connectivity index is 3.78. The van der Waals surface area contributed by atoms with Crippen LogP contribution in [0.25, 0.3) is 0 Å². The number of hydrogen-bond donors (Lipinski definition) is 1. The fraction of sp³-hybridized carbons (Fsp3) is 0.889. The van der Waals surface area contributed by atoms with E-state index in [1.54, 1.807) is 6.92 Å². The minimum absolute atomic E-state index is 0.0101. The van der Waals surface area contributed by atoms with Crippen LogP contribution in [0, 0.1) is 0 Å². The maximum Gasteiger partial charge on any atom is 0.325 e. The lowest BCUT2D eigenvalue weighted by Gasteiger charge is -2.21. The first-order valence-electron chi connectivity index (χ1n) is 4.72. The molecule has 6 heteroatoms. The van der Waals surface area contributed by atoms with Crippen molar-refractivity contribution in [3.63, 3.8) is 0 Å². The molecule has 0 bridgehead atoms. The molecule has 0 aromatic heterocycles. The van der Waals surface area contributed by atoms with E-state index in [0.717, 1.165) is 0 Å². The molecule has 0 aliphatic carbocycles. The second-order valence-electron chi connectivity index (χ2n) is 3.35. The number of hydrogen-bond acceptors (Lipinski definition) is 4. The van der Waals surface area contributed by atoms with Crippen LogP contribution < -0.4 is 5.73 Å². The molecule has 0 aliphatic rings. The third-order valence-electron chi connectivity index (χ3n) is 1.75. The van der Waals surface area contributed by atoms with Crippen molar-refractivity contribution in [1.82, 2.24) is 0 Å². The predicted molar refractivity (Wildman–Crippen MR) is 50.7 cm³/mol. The molecule has 90 valence electrons. The zero-order valence-corrected chi connectivity index (χ0v) is 8.96. The number of halogens is 2. The molecule has 0 aromatic carbocycles. The van der Waals surface area contributed by atoms with Crippen molar-refractivity contribution in [2.75, 3.05) is 19.8 Å². The fourth-order valence-corrected chi connectivity index (χ4v) is 0.855. The highest BCUT2D eigenvalue weighted by Crippen LogP contribution is 2.08. The van der Waals surface area contributed by atoms with Crippen LogP contribution in [0.4, 0.5) is 8.78 Å². The van der Waals surface area contributed by atoms with Gasteiger partial charge in [-0.25, -0.2) is 8.78 Å². The van der Waals surface area contributed by atoms with Crippen molar-refractivity contribution in [3.8, 4) is 0 Å². The van der Waals surface area contributed by atoms with Gasteiger partial charge in [0.05, 0.1) is 6.61 Å². The second kappa shape index (κ2) is 6.68. The number of carbonyl (C=O) groups is 1. The van der Waals surface area contributed by atoms with Crippen molar-refractivity contribution < 1.29 is 23.0 Å². The minimum atomic E-state index is -2.50. The third kappa shape index (κ3) is 6.35. The number of alkyl halides is 2. The lowest BCUT2D eigenvalue weighted by molar-refractivity contribution is -0.149. The van der Waals surface area contributed by atoms with E-state index < -0.39 is 24.5 Å². The highest BCUT2D eigenvalue weighted by atomic mass is 19.3. The van der Waals surface area contributed by atoms with E-state index in [4.69, 9.17) is 10.5 Å². The Kier molecular flexibility index (Phi) is 6.35. The zero-order chi connectivity index (χ0) is 11.9. The molecule has 0 saturated heterocycles. The van der Waals surface area contributed by atoms with Gasteiger partial charge in [0.25, 0.3) is 6.43 Å². The number of ether oxygens (including phenoxy) is 2. The molecule has 0 aromatic rings. The summed E-state index contributed by atoms with van der Waals surface area (Å²) in [6, 6.07) is 0. The van der Waals surface area contributed by atoms with Crippen molar-refractivity contribution >= 4 is 5.97 Å². The van der Waals surface area contributed by atoms with Gasteiger partial charge >= 0.3 is 5.97 Å². The van der Waals surface area contributed by atoms with E-state index in [9.17, 15) is 13.6 Å². The number of esters is 1. The molecule has 1 atom stereocenters. The van der Waals surface area contributed by atoms with E-state index in [1.807, 2.05) is 0 Å². The normalized spacial score (nSPS) is 15.1. The summed E-state index contributed by atoms with van der Waals surface area (Å²) in [6.45, 7) is 2.76. The first-order chi connectivity index (χ1) is 6.90. The van der Waals surface area contributed by atoms with Crippen LogP contribution in [0.2, 0.25) is 0 Å². The highest BCUT2D eigenvalue weighted by Gasteiger charge is 2.29. The van der Waals surface area contributed by atoms with Crippen molar-refractivity contribution in [2.24, 2.45) is 5.73 Å². The van der Waals surface area contributed by atoms with E-state index in [0.29, 0.717) is 0 Å². The van der Waals surface area contributed by atoms with E-state index in [2.05, 4.69) is 4.74 Å². The van der Waals surface area contributed by atoms with E-state index in [-0.39, 0.29) is 19.6 Å². The van der Waals surface area contributed by atoms with Crippen LogP contribution in [0.3, 0.4) is 0 Å². The van der Waals surface area contributed by atoms with Crippen molar-refractivity contribution in [3.05, 3.63) is 0 Å². The van der Waals surface area contributed by atoms with Gasteiger partial charge in [0.1, 0.15) is 12.1 Å². The average molecular weight is 225 g/mol. The molecular formula is C9H17F2NO3. The topological polar surface area (TPSA) is 61.5 Å². The SMILES string of the molecule is CCOC(=O)C(C)(N)CCOCC(F)F. The molecule has 0 rings (SSSR count). The van der Waals surface area contributed by atoms with Gasteiger partial charge in [-0.2, -0.15) is 0 Å². The van der Waals surface area contributed by atoms with E-state index in [1.165, 1.54) is 6.92 Å². The molecule has 0 aliphatic heterocycles. The zero-order valence-electron chi connectivity index (χ0n) is 8.96. The van der Waals surface area contributed by atoms with Gasteiger partial charge in [0.2, 0.25) is 0 Å². The van der Waals surface area contributed by atoms with Crippen molar-refractivity contribution in [2.45, 2.75) is 32.2 Å². The summed E-state index contributed by atoms with van der Waals surface area (Å²) in [5.41, 5.74) is 4.44. The maximum atomic E-state index is 11.7. The van der Waals surface area contributed by atoms with Crippen molar-refractivity contribution in [1.29, 1.82) is 0 Å². The molecule has 4 nitrogen and oxygen atoms in total. The maximum absolute atomic E-state index is 11.7. The summed E-state index contributed by atoms with van der Waals surface area (Å²) in [6.07, 6.45) is -2.35. The molecule has 0 saturated carbocycles. The highest BCUT2D eigenvalue weighted by molar-refractivity contribution is 5.79. The molecule has 0 fully saturated rings. The molecule has 2 N–H and O–H groups in total. The number of rotatable bonds is 7. The molecule has 0 amide bonds. The summed E-state index contributed by atoms with van der Waals surface area (Å²) < 4.78 is 32.7. The molecular weight excluding hydrogens is 208 g/mol. The summed E-state index contributed by atoms with van der Waals surface area (Å²) in [7, 11) is 0. The molecule has 1 unspecified atom stereocenters. The third-order valence-corrected chi connectivity index (χ3v) is 1.75. The van der Waals surface area contributed by atoms with Crippen LogP contribution in [-0.4, -0.2) is 37.8 Å². The Morgan fingerprint density at radius 3 is 2.60 bits per heavy atom. The first-order valence-corrected chi connectivity index (χ1v) is 4.72. The van der Waals surface area contributed by atoms with Crippen LogP contribution in [-0.2, 0) is 14.3 Å². The van der Waals surface area contributed by atoms with Gasteiger partial charge in [-0.15, -0.1) is 0 Å². The number of nitrogens with two attached hydrogens (primary N) is 1. The van der Waals surface area contributed by atoms with Crippen LogP contribution in [0.1, 0.15) is 20.3 Å². The molecule has 0 spiro atoms. The van der Waals surface area contributed by atoms with Crippen LogP contribution >= 0.6 is 0 Å². The van der Waals surface area contributed by atoms with Gasteiger partial charge in [-0.1, -0.05) is 0 Å². The van der Waals surface area contributed by atoms with Gasteiger partial charge in [-0.05, 0) is 20.3 Å². The minimum Gasteiger partial charge on any atom is -0.465 e. The van der Waals surface area contributed by atoms with Gasteiger partial charge in [0.15, 0.2) is 0 Å². The van der Waals surface area contributed by atoms with Crippen LogP contribution in [0.15, 0.2) is 0 Å². The average Bonchev–Trinajstić information content (AvgIpc) is 2.12. The van der Waals surface area contributed by atoms with Crippen LogP contribution in [0.5, 0.6) is 0 Å². The monoisotopic (exact) mass is 225 g/mol. The lowest BCUT2D eigenvalue weighted by Crippen LogP contribution is -2.47. The predicted octanol–water partition coefficient (Wildman–Crippen LogP) is 0.939. The first kappa shape index (κ1) is 14.2. The number of carbonyl (C=O) groups excluding carboxylic acids is 1. The Morgan fingerprint density at radius 2 is 2.13 bits per heavy atom. The lowest BCUT2D eigenvalue weighted by atomic mass is 10.0. The Morgan fingerprint density at radius 1 is 1.53 bits per heavy atom. The van der Waals surface area contributed by atoms with Gasteiger partial charge in [-0.3, -0.25) is 4.79 Å². The van der Waals surface area contributed by atoms with Gasteiger partial charge in [0, 0.05) is 6.61 Å². The Labute approximate surface area is 87.7 Å². The largest absolute Gasteiger partial charge is 0.465 e. The second-order valence-corrected chi connectivity index (χ2v) is 3.35. The standard InChI is InChI=1S/C9H17F2NO3/c1-3-15-8(13)9(2,12)4-5-14-6-7(10)11/h7H,3-6,12H2,1-2H3. The van der Waals surface area contributed by atoms with E-state index >= 15 is 0 Å². The Hall–Kier alpha value is -0.750. The van der Waals surface area contributed by atoms with Gasteiger partial charge < -0.3 is 15.2 Å². The molecule has 0 heterocycles. The summed E-state index contributed by atoms with van der Waals surface area (Å²) >= 11 is 0. The summed E-state index contributed by atoms with van der Waals surface area (Å²) in [4.78, 5) is 11.2. The quantitative estimate of drug-likeness (QED) is 0.517.